The number of nitrogens with zero attached hydrogens (tertiary/aromatic N) is 1. The van der Waals surface area contributed by atoms with Gasteiger partial charge < -0.3 is 5.11 Å². The van der Waals surface area contributed by atoms with Gasteiger partial charge in [0.05, 0.1) is 6.54 Å². The van der Waals surface area contributed by atoms with Gasteiger partial charge in [0.2, 0.25) is 0 Å². The van der Waals surface area contributed by atoms with Crippen molar-refractivity contribution in [3.05, 3.63) is 24.3 Å². The summed E-state index contributed by atoms with van der Waals surface area (Å²) in [5.74, 6) is -0.715. The molecule has 0 heterocycles. The Morgan fingerprint density at radius 2 is 1.07 bits per heavy atom. The molecule has 0 radical (unpaired) electrons. The molecule has 0 unspecified atom stereocenters. The molecular formula is C24H45NO2. The van der Waals surface area contributed by atoms with Gasteiger partial charge in [0, 0.05) is 0 Å². The fourth-order valence-corrected chi connectivity index (χ4v) is 3.18. The van der Waals surface area contributed by atoms with E-state index in [1.807, 2.05) is 0 Å². The summed E-state index contributed by atoms with van der Waals surface area (Å²) in [4.78, 5) is 13.2. The van der Waals surface area contributed by atoms with Crippen LogP contribution in [0, 0.1) is 0 Å². The molecule has 0 rings (SSSR count). The smallest absolute Gasteiger partial charge is 0.317 e. The van der Waals surface area contributed by atoms with Crippen LogP contribution in [0.15, 0.2) is 24.3 Å². The number of unbranched alkanes of at least 4 members (excludes halogenated alkanes) is 10. The molecule has 1 N–H and O–H groups in total. The fraction of sp³-hybridized carbons (Fsp3) is 0.792. The normalized spacial score (nSPS) is 12.0. The molecule has 0 aliphatic heterocycles. The molecule has 158 valence electrons. The van der Waals surface area contributed by atoms with E-state index in [0.29, 0.717) is 0 Å². The first-order valence-electron chi connectivity index (χ1n) is 11.4. The minimum absolute atomic E-state index is 0.168. The van der Waals surface area contributed by atoms with Crippen molar-refractivity contribution in [2.45, 2.75) is 104 Å². The maximum atomic E-state index is 11.1. The zero-order valence-electron chi connectivity index (χ0n) is 18.1. The largest absolute Gasteiger partial charge is 0.480 e. The van der Waals surface area contributed by atoms with E-state index in [0.717, 1.165) is 38.8 Å². The molecule has 0 aliphatic rings. The molecule has 0 aromatic heterocycles. The van der Waals surface area contributed by atoms with E-state index >= 15 is 0 Å². The second-order valence-electron chi connectivity index (χ2n) is 7.60. The zero-order valence-corrected chi connectivity index (χ0v) is 18.1. The van der Waals surface area contributed by atoms with E-state index in [2.05, 4.69) is 43.1 Å². The van der Waals surface area contributed by atoms with Crippen molar-refractivity contribution in [2.24, 2.45) is 0 Å². The molecule has 0 bridgehead atoms. The van der Waals surface area contributed by atoms with Crippen LogP contribution >= 0.6 is 0 Å². The third-order valence-electron chi connectivity index (χ3n) is 4.83. The minimum atomic E-state index is -0.715. The van der Waals surface area contributed by atoms with Gasteiger partial charge in [0.25, 0.3) is 0 Å². The fourth-order valence-electron chi connectivity index (χ4n) is 3.18. The second kappa shape index (κ2) is 21.2. The molecule has 3 nitrogen and oxygen atoms in total. The minimum Gasteiger partial charge on any atom is -0.480 e. The van der Waals surface area contributed by atoms with Gasteiger partial charge in [0.1, 0.15) is 0 Å². The lowest BCUT2D eigenvalue weighted by Crippen LogP contribution is -2.31. The molecule has 27 heavy (non-hydrogen) atoms. The van der Waals surface area contributed by atoms with Crippen molar-refractivity contribution in [2.75, 3.05) is 19.6 Å². The number of hydrogen-bond donors (Lipinski definition) is 1. The number of rotatable bonds is 20. The SMILES string of the molecule is CCCCCC/C=C/CCCN(CCC/C=C/CCCCCC)CC(=O)O. The molecule has 3 heteroatoms. The van der Waals surface area contributed by atoms with Gasteiger partial charge in [-0.25, -0.2) is 0 Å². The lowest BCUT2D eigenvalue weighted by Gasteiger charge is -2.19. The maximum absolute atomic E-state index is 11.1. The van der Waals surface area contributed by atoms with Crippen molar-refractivity contribution in [3.8, 4) is 0 Å². The van der Waals surface area contributed by atoms with Crippen LogP contribution < -0.4 is 0 Å². The highest BCUT2D eigenvalue weighted by molar-refractivity contribution is 5.69. The van der Waals surface area contributed by atoms with Crippen LogP contribution in [0.25, 0.3) is 0 Å². The number of carboxylic acid groups (broad SMARTS) is 1. The van der Waals surface area contributed by atoms with Crippen LogP contribution in [0.5, 0.6) is 0 Å². The molecule has 0 saturated heterocycles. The van der Waals surface area contributed by atoms with Crippen molar-refractivity contribution < 1.29 is 9.90 Å². The van der Waals surface area contributed by atoms with Crippen LogP contribution in [0.4, 0.5) is 0 Å². The second-order valence-corrected chi connectivity index (χ2v) is 7.60. The summed E-state index contributed by atoms with van der Waals surface area (Å²) in [6, 6.07) is 0. The summed E-state index contributed by atoms with van der Waals surface area (Å²) in [5, 5.41) is 9.10. The zero-order chi connectivity index (χ0) is 20.0. The van der Waals surface area contributed by atoms with Gasteiger partial charge in [-0.15, -0.1) is 0 Å². The van der Waals surface area contributed by atoms with Crippen molar-refractivity contribution in [3.63, 3.8) is 0 Å². The van der Waals surface area contributed by atoms with E-state index in [1.165, 1.54) is 64.2 Å². The number of allylic oxidation sites excluding steroid dienone is 4. The molecule has 0 aromatic rings. The van der Waals surface area contributed by atoms with Crippen molar-refractivity contribution >= 4 is 5.97 Å². The summed E-state index contributed by atoms with van der Waals surface area (Å²) >= 11 is 0. The van der Waals surface area contributed by atoms with Gasteiger partial charge in [-0.05, 0) is 64.5 Å². The Hall–Kier alpha value is -1.09. The first-order valence-corrected chi connectivity index (χ1v) is 11.4. The lowest BCUT2D eigenvalue weighted by atomic mass is 10.1. The lowest BCUT2D eigenvalue weighted by molar-refractivity contribution is -0.138. The molecule has 0 amide bonds. The topological polar surface area (TPSA) is 40.5 Å². The summed E-state index contributed by atoms with van der Waals surface area (Å²) in [6.45, 7) is 6.41. The van der Waals surface area contributed by atoms with Crippen LogP contribution in [-0.4, -0.2) is 35.6 Å². The van der Waals surface area contributed by atoms with E-state index < -0.39 is 5.97 Å². The molecular weight excluding hydrogens is 334 g/mol. The first-order chi connectivity index (χ1) is 13.2. The highest BCUT2D eigenvalue weighted by Crippen LogP contribution is 2.06. The third kappa shape index (κ3) is 21.1. The van der Waals surface area contributed by atoms with Crippen LogP contribution in [-0.2, 0) is 4.79 Å². The molecule has 0 saturated carbocycles. The highest BCUT2D eigenvalue weighted by Gasteiger charge is 2.08. The van der Waals surface area contributed by atoms with Gasteiger partial charge in [0.15, 0.2) is 0 Å². The summed E-state index contributed by atoms with van der Waals surface area (Å²) in [7, 11) is 0. The van der Waals surface area contributed by atoms with Crippen molar-refractivity contribution in [1.82, 2.24) is 4.90 Å². The third-order valence-corrected chi connectivity index (χ3v) is 4.83. The Labute approximate surface area is 168 Å². The Bertz CT molecular complexity index is 349. The molecule has 0 aromatic carbocycles. The van der Waals surface area contributed by atoms with Crippen molar-refractivity contribution in [1.29, 1.82) is 0 Å². The van der Waals surface area contributed by atoms with Crippen LogP contribution in [0.2, 0.25) is 0 Å². The predicted molar refractivity (Wildman–Crippen MR) is 118 cm³/mol. The van der Waals surface area contributed by atoms with Gasteiger partial charge in [-0.3, -0.25) is 9.69 Å². The standard InChI is InChI=1S/C24H45NO2/c1-3-5-7-9-11-13-15-17-19-21-25(23-24(26)27)22-20-18-16-14-12-10-8-6-4-2/h13-16H,3-12,17-23H2,1-2H3,(H,26,27)/b15-13+,16-14+. The Morgan fingerprint density at radius 3 is 1.44 bits per heavy atom. The highest BCUT2D eigenvalue weighted by atomic mass is 16.4. The molecule has 0 spiro atoms. The first kappa shape index (κ1) is 25.9. The monoisotopic (exact) mass is 379 g/mol. The molecule has 0 fully saturated rings. The van der Waals surface area contributed by atoms with E-state index in [9.17, 15) is 4.79 Å². The Morgan fingerprint density at radius 1 is 0.667 bits per heavy atom. The predicted octanol–water partition coefficient (Wildman–Crippen LogP) is 6.99. The van der Waals surface area contributed by atoms with E-state index in [1.54, 1.807) is 0 Å². The number of aliphatic carboxylic acids is 1. The van der Waals surface area contributed by atoms with Crippen LogP contribution in [0.3, 0.4) is 0 Å². The summed E-state index contributed by atoms with van der Waals surface area (Å²) in [5.41, 5.74) is 0. The quantitative estimate of drug-likeness (QED) is 0.183. The van der Waals surface area contributed by atoms with E-state index in [4.69, 9.17) is 5.11 Å². The molecule has 0 atom stereocenters. The summed E-state index contributed by atoms with van der Waals surface area (Å²) < 4.78 is 0. The average molecular weight is 380 g/mol. The average Bonchev–Trinajstić information content (AvgIpc) is 2.64. The van der Waals surface area contributed by atoms with Gasteiger partial charge in [-0.1, -0.05) is 76.7 Å². The maximum Gasteiger partial charge on any atom is 0.317 e. The Balaban J connectivity index is 3.77. The van der Waals surface area contributed by atoms with E-state index in [-0.39, 0.29) is 6.54 Å². The van der Waals surface area contributed by atoms with Gasteiger partial charge in [-0.2, -0.15) is 0 Å². The Kier molecular flexibility index (Phi) is 20.4. The number of carbonyl (C=O) groups is 1. The number of carboxylic acids is 1. The van der Waals surface area contributed by atoms with Gasteiger partial charge >= 0.3 is 5.97 Å². The molecule has 0 aliphatic carbocycles. The van der Waals surface area contributed by atoms with Crippen LogP contribution in [0.1, 0.15) is 104 Å². The summed E-state index contributed by atoms with van der Waals surface area (Å²) in [6.07, 6.45) is 26.2. The number of hydrogen-bond acceptors (Lipinski definition) is 2.